The first-order chi connectivity index (χ1) is 19.0. The van der Waals surface area contributed by atoms with Gasteiger partial charge in [-0.2, -0.15) is 40.5 Å². The fourth-order valence-electron chi connectivity index (χ4n) is 5.87. The van der Waals surface area contributed by atoms with Gasteiger partial charge < -0.3 is 24.8 Å². The van der Waals surface area contributed by atoms with Crippen LogP contribution in [-0.2, 0) is 0 Å². The van der Waals surface area contributed by atoms with Crippen molar-refractivity contribution < 1.29 is 19.7 Å². The summed E-state index contributed by atoms with van der Waals surface area (Å²) in [6.07, 6.45) is 5.78. The molecule has 7 rings (SSSR count). The van der Waals surface area contributed by atoms with Crippen LogP contribution in [0.5, 0.6) is 5.75 Å². The van der Waals surface area contributed by atoms with Crippen molar-refractivity contribution in [3.05, 3.63) is 83.5 Å². The van der Waals surface area contributed by atoms with Gasteiger partial charge >= 0.3 is 0 Å². The van der Waals surface area contributed by atoms with Crippen molar-refractivity contribution in [2.24, 2.45) is 0 Å². The summed E-state index contributed by atoms with van der Waals surface area (Å²) in [6.45, 7) is 1.81. The molecular formula is C31H38ClN3O4S3. The van der Waals surface area contributed by atoms with Crippen LogP contribution in [0.25, 0.3) is 21.7 Å². The van der Waals surface area contributed by atoms with Crippen LogP contribution in [0.15, 0.2) is 72.8 Å². The lowest BCUT2D eigenvalue weighted by Gasteiger charge is -2.48. The number of Topliss-reactive ketones (excluding diaryl/α,β-unsaturated/α-hetero) is 1. The van der Waals surface area contributed by atoms with E-state index < -0.39 is 18.5 Å². The van der Waals surface area contributed by atoms with E-state index in [4.69, 9.17) is 16.3 Å². The average Bonchev–Trinajstić information content (AvgIpc) is 3.39. The lowest BCUT2D eigenvalue weighted by Crippen LogP contribution is -2.60. The minimum Gasteiger partial charge on any atom is -0.490 e. The normalized spacial score (nSPS) is 19.6. The Balaban J connectivity index is 0.00000161. The third-order valence-electron chi connectivity index (χ3n) is 7.88. The molecule has 0 spiro atoms. The molecule has 11 heteroatoms. The molecule has 42 heavy (non-hydrogen) atoms. The van der Waals surface area contributed by atoms with Crippen LogP contribution < -0.4 is 9.64 Å². The van der Waals surface area contributed by atoms with Gasteiger partial charge in [-0.3, -0.25) is 9.69 Å². The molecule has 1 saturated heterocycles. The number of ether oxygens (including phenoxy) is 1. The van der Waals surface area contributed by atoms with Crippen molar-refractivity contribution in [2.45, 2.75) is 31.0 Å². The van der Waals surface area contributed by atoms with Gasteiger partial charge in [-0.05, 0) is 53.9 Å². The zero-order valence-corrected chi connectivity index (χ0v) is 26.8. The molecule has 0 aliphatic carbocycles. The number of hydrogen-bond donors (Lipinski definition) is 3. The molecule has 1 aromatic heterocycles. The van der Waals surface area contributed by atoms with E-state index in [9.17, 15) is 15.0 Å². The summed E-state index contributed by atoms with van der Waals surface area (Å²) in [4.78, 5) is 19.8. The van der Waals surface area contributed by atoms with Crippen LogP contribution in [0.2, 0.25) is 5.02 Å². The predicted molar refractivity (Wildman–Crippen MR) is 186 cm³/mol. The molecule has 3 aliphatic rings. The number of ketones is 1. The number of aromatic nitrogens is 1. The first-order valence-electron chi connectivity index (χ1n) is 13.4. The number of fused-ring (bicyclic) bond motifs is 6. The van der Waals surface area contributed by atoms with Gasteiger partial charge in [0.2, 0.25) is 5.78 Å². The quantitative estimate of drug-likeness (QED) is 0.181. The minimum atomic E-state index is -0.688. The van der Waals surface area contributed by atoms with E-state index in [1.807, 2.05) is 0 Å². The topological polar surface area (TPSA) is 89.0 Å². The van der Waals surface area contributed by atoms with E-state index in [0.29, 0.717) is 34.3 Å². The number of carbonyl (C=O) groups excluding carboxylic acids is 1. The van der Waals surface area contributed by atoms with Gasteiger partial charge in [0, 0.05) is 42.8 Å². The largest absolute Gasteiger partial charge is 0.490 e. The minimum absolute atomic E-state index is 0. The Bertz CT molecular complexity index is 1550. The number of aliphatic hydroxyl groups is 2. The van der Waals surface area contributed by atoms with E-state index in [1.165, 1.54) is 16.5 Å². The second kappa shape index (κ2) is 14.9. The smallest absolute Gasteiger partial charge is 0.204 e. The number of aromatic amines is 1. The number of benzene rings is 3. The summed E-state index contributed by atoms with van der Waals surface area (Å²) in [5, 5.41) is 23.8. The molecule has 4 aromatic rings. The lowest BCUT2D eigenvalue weighted by molar-refractivity contribution is 0.0409. The van der Waals surface area contributed by atoms with Gasteiger partial charge in [0.15, 0.2) is 0 Å². The number of hydrogen-bond acceptors (Lipinski definition) is 6. The van der Waals surface area contributed by atoms with Crippen LogP contribution >= 0.6 is 52.1 Å². The summed E-state index contributed by atoms with van der Waals surface area (Å²) in [7, 11) is 0. The first kappa shape index (κ1) is 34.2. The number of carbonyl (C=O) groups is 1. The molecule has 226 valence electrons. The van der Waals surface area contributed by atoms with Gasteiger partial charge in [0.25, 0.3) is 0 Å². The number of H-pyrrole nitrogens is 1. The van der Waals surface area contributed by atoms with Gasteiger partial charge in [0.05, 0.1) is 16.2 Å². The molecule has 7 nitrogen and oxygen atoms in total. The number of piperazine rings is 1. The highest BCUT2D eigenvalue weighted by atomic mass is 35.5. The van der Waals surface area contributed by atoms with Crippen molar-refractivity contribution in [3.63, 3.8) is 0 Å². The summed E-state index contributed by atoms with van der Waals surface area (Å²) in [6, 6.07) is 20.9. The molecule has 0 unspecified atom stereocenters. The number of nitrogens with one attached hydrogen (secondary N) is 1. The molecule has 0 amide bonds. The number of rotatable bonds is 8. The van der Waals surface area contributed by atoms with Crippen LogP contribution in [0.3, 0.4) is 0 Å². The molecule has 4 heterocycles. The van der Waals surface area contributed by atoms with E-state index >= 15 is 0 Å². The maximum absolute atomic E-state index is 12.0. The van der Waals surface area contributed by atoms with Gasteiger partial charge in [-0.1, -0.05) is 54.1 Å². The van der Waals surface area contributed by atoms with Crippen molar-refractivity contribution in [2.75, 3.05) is 37.7 Å². The van der Waals surface area contributed by atoms with Gasteiger partial charge in [-0.15, -0.1) is 0 Å². The fourth-order valence-corrected chi connectivity index (χ4v) is 6.08. The molecule has 2 bridgehead atoms. The Hall–Kier alpha value is -2.31. The summed E-state index contributed by atoms with van der Waals surface area (Å²) < 4.78 is 6.02. The zero-order valence-electron chi connectivity index (χ0n) is 23.1. The number of aliphatic hydroxyl groups excluding tert-OH is 2. The number of halogens is 1. The second-order valence-corrected chi connectivity index (χ2v) is 10.9. The van der Waals surface area contributed by atoms with Crippen molar-refractivity contribution in [1.29, 1.82) is 0 Å². The van der Waals surface area contributed by atoms with E-state index in [2.05, 4.69) is 69.4 Å². The average molecular weight is 648 g/mol. The first-order valence-corrected chi connectivity index (χ1v) is 13.8. The van der Waals surface area contributed by atoms with Crippen molar-refractivity contribution >= 4 is 85.2 Å². The highest BCUT2D eigenvalue weighted by Gasteiger charge is 2.35. The van der Waals surface area contributed by atoms with Crippen molar-refractivity contribution in [1.82, 2.24) is 9.88 Å². The summed E-state index contributed by atoms with van der Waals surface area (Å²) in [5.74, 6) is 0.105. The second-order valence-electron chi connectivity index (χ2n) is 10.5. The SMILES string of the molecule is O=C(CO)c1cc2c(OC[C@@H](O)CN3C[C@@H]4C/C=C\C[C@H]3CN4c3ccc4ccccc4c3)ccc(Cl)c2[nH]1.S.S.S. The molecule has 1 fully saturated rings. The Morgan fingerprint density at radius 1 is 0.976 bits per heavy atom. The molecule has 0 radical (unpaired) electrons. The van der Waals surface area contributed by atoms with E-state index in [-0.39, 0.29) is 58.8 Å². The highest BCUT2D eigenvalue weighted by Crippen LogP contribution is 2.33. The summed E-state index contributed by atoms with van der Waals surface area (Å²) in [5.41, 5.74) is 2.09. The zero-order chi connectivity index (χ0) is 26.9. The van der Waals surface area contributed by atoms with Crippen LogP contribution in [0.1, 0.15) is 23.3 Å². The Morgan fingerprint density at radius 3 is 2.48 bits per heavy atom. The Morgan fingerprint density at radius 2 is 1.71 bits per heavy atom. The Labute approximate surface area is 271 Å². The van der Waals surface area contributed by atoms with Crippen LogP contribution in [0, 0.1) is 0 Å². The third kappa shape index (κ3) is 7.07. The fraction of sp³-hybridized carbons (Fsp3) is 0.323. The van der Waals surface area contributed by atoms with Gasteiger partial charge in [-0.25, -0.2) is 0 Å². The predicted octanol–water partition coefficient (Wildman–Crippen LogP) is 5.14. The number of nitrogens with zero attached hydrogens (tertiary/aromatic N) is 2. The van der Waals surface area contributed by atoms with E-state index in [1.54, 1.807) is 18.2 Å². The van der Waals surface area contributed by atoms with E-state index in [0.717, 1.165) is 25.9 Å². The molecule has 3 N–H and O–H groups in total. The van der Waals surface area contributed by atoms with Crippen LogP contribution in [0.4, 0.5) is 5.69 Å². The molecule has 3 aromatic carbocycles. The molecule has 3 atom stereocenters. The monoisotopic (exact) mass is 647 g/mol. The standard InChI is InChI=1S/C31H32ClN3O4.3H2S/c32-27-11-12-30(26-14-28(29(38)18-36)33-31(26)27)39-19-25(37)17-34-15-24-8-4-3-7-23(34)16-35(24)22-10-9-20-5-1-2-6-21(20)13-22;;;/h1-6,9-14,23-25,33,36-37H,7-8,15-19H2;3*1H2/b4-3-;;;/t23-,24-,25-;;;/m0.../s1. The molecule has 3 aliphatic heterocycles. The van der Waals surface area contributed by atoms with Crippen LogP contribution in [-0.4, -0.2) is 76.9 Å². The lowest BCUT2D eigenvalue weighted by atomic mass is 9.96. The third-order valence-corrected chi connectivity index (χ3v) is 8.20. The Kier molecular flexibility index (Phi) is 12.1. The maximum atomic E-state index is 12.0. The molecule has 0 saturated carbocycles. The molecular weight excluding hydrogens is 610 g/mol. The van der Waals surface area contributed by atoms with Crippen molar-refractivity contribution in [3.8, 4) is 5.75 Å². The summed E-state index contributed by atoms with van der Waals surface area (Å²) >= 11 is 6.31. The van der Waals surface area contributed by atoms with Gasteiger partial charge in [0.1, 0.15) is 25.1 Å². The maximum Gasteiger partial charge on any atom is 0.204 e. The number of anilines is 1. The highest BCUT2D eigenvalue weighted by molar-refractivity contribution is 7.59.